The van der Waals surface area contributed by atoms with E-state index in [9.17, 15) is 4.79 Å². The Bertz CT molecular complexity index is 90.5. The van der Waals surface area contributed by atoms with Gasteiger partial charge in [0.2, 0.25) is 0 Å². The Labute approximate surface area is 49.3 Å². The summed E-state index contributed by atoms with van der Waals surface area (Å²) >= 11 is 0. The first-order valence-electron chi connectivity index (χ1n) is 3.07. The average Bonchev–Trinajstić information content (AvgIpc) is 1.66. The third kappa shape index (κ3) is 0.757. The molecule has 1 heterocycles. The quantitative estimate of drug-likeness (QED) is 0.518. The third-order valence-corrected chi connectivity index (χ3v) is 1.79. The minimum absolute atomic E-state index is 0.167. The van der Waals surface area contributed by atoms with Crippen LogP contribution in [-0.2, 0) is 4.79 Å². The summed E-state index contributed by atoms with van der Waals surface area (Å²) in [7, 11) is 0. The minimum Gasteiger partial charge on any atom is -0.307 e. The second-order valence-electron chi connectivity index (χ2n) is 2.24. The Balaban J connectivity index is 2.26. The van der Waals surface area contributed by atoms with Gasteiger partial charge in [-0.15, -0.1) is 0 Å². The summed E-state index contributed by atoms with van der Waals surface area (Å²) in [6.07, 6.45) is 2.12. The molecule has 0 aromatic carbocycles. The maximum Gasteiger partial charge on any atom is 0.137 e. The molecule has 0 aliphatic carbocycles. The highest BCUT2D eigenvalue weighted by Gasteiger charge is 2.27. The van der Waals surface area contributed by atoms with Crippen molar-refractivity contribution in [1.82, 2.24) is 5.32 Å². The molecule has 0 bridgehead atoms. The van der Waals surface area contributed by atoms with Crippen LogP contribution in [0.5, 0.6) is 0 Å². The molecule has 1 saturated heterocycles. The normalized spacial score (nSPS) is 36.1. The lowest BCUT2D eigenvalue weighted by Crippen LogP contribution is -2.53. The number of rotatable bonds is 2. The van der Waals surface area contributed by atoms with Crippen molar-refractivity contribution >= 4 is 6.29 Å². The number of aldehydes is 1. The Morgan fingerprint density at radius 1 is 1.88 bits per heavy atom. The van der Waals surface area contributed by atoms with Gasteiger partial charge in [-0.05, 0) is 5.92 Å². The van der Waals surface area contributed by atoms with Crippen LogP contribution >= 0.6 is 0 Å². The number of hydrogen-bond acceptors (Lipinski definition) is 2. The van der Waals surface area contributed by atoms with E-state index in [1.807, 2.05) is 0 Å². The smallest absolute Gasteiger partial charge is 0.137 e. The molecule has 2 nitrogen and oxygen atoms in total. The molecule has 0 aromatic rings. The molecule has 2 heteroatoms. The molecule has 46 valence electrons. The molecule has 1 aliphatic heterocycles. The highest BCUT2D eigenvalue weighted by Crippen LogP contribution is 2.13. The lowest BCUT2D eigenvalue weighted by atomic mass is 9.91. The van der Waals surface area contributed by atoms with E-state index in [2.05, 4.69) is 12.2 Å². The van der Waals surface area contributed by atoms with E-state index in [1.54, 1.807) is 0 Å². The molecule has 1 fully saturated rings. The van der Waals surface area contributed by atoms with Gasteiger partial charge in [-0.1, -0.05) is 13.3 Å². The van der Waals surface area contributed by atoms with Gasteiger partial charge in [-0.3, -0.25) is 0 Å². The van der Waals surface area contributed by atoms with Crippen LogP contribution in [0.1, 0.15) is 13.3 Å². The van der Waals surface area contributed by atoms with Crippen LogP contribution in [0.4, 0.5) is 0 Å². The first-order chi connectivity index (χ1) is 3.88. The van der Waals surface area contributed by atoms with Crippen molar-refractivity contribution in [1.29, 1.82) is 0 Å². The van der Waals surface area contributed by atoms with Gasteiger partial charge in [0.05, 0.1) is 6.04 Å². The zero-order valence-electron chi connectivity index (χ0n) is 5.05. The van der Waals surface area contributed by atoms with E-state index in [4.69, 9.17) is 0 Å². The largest absolute Gasteiger partial charge is 0.307 e. The predicted octanol–water partition coefficient (Wildman–Crippen LogP) is 0.183. The second-order valence-corrected chi connectivity index (χ2v) is 2.24. The summed E-state index contributed by atoms with van der Waals surface area (Å²) in [5.74, 6) is 0.618. The van der Waals surface area contributed by atoms with Crippen molar-refractivity contribution in [3.8, 4) is 0 Å². The number of carbonyl (C=O) groups excluding carboxylic acids is 1. The molecular formula is C6H11NO. The second kappa shape index (κ2) is 2.27. The van der Waals surface area contributed by atoms with Crippen LogP contribution in [0, 0.1) is 5.92 Å². The number of nitrogens with one attached hydrogen (secondary N) is 1. The fourth-order valence-electron chi connectivity index (χ4n) is 0.978. The summed E-state index contributed by atoms with van der Waals surface area (Å²) in [4.78, 5) is 10.1. The lowest BCUT2D eigenvalue weighted by molar-refractivity contribution is -0.112. The van der Waals surface area contributed by atoms with E-state index in [0.717, 1.165) is 19.3 Å². The van der Waals surface area contributed by atoms with E-state index in [1.165, 1.54) is 0 Å². The Hall–Kier alpha value is -0.370. The van der Waals surface area contributed by atoms with Crippen LogP contribution in [-0.4, -0.2) is 18.9 Å². The Morgan fingerprint density at radius 2 is 2.62 bits per heavy atom. The van der Waals surface area contributed by atoms with Gasteiger partial charge in [-0.25, -0.2) is 0 Å². The van der Waals surface area contributed by atoms with Gasteiger partial charge in [0.25, 0.3) is 0 Å². The molecule has 1 rings (SSSR count). The standard InChI is InChI=1S/C6H11NO/c1-2-5-3-7-6(5)4-8/h4-7H,2-3H2,1H3/t5?,6-/m1/s1. The number of hydrogen-bond donors (Lipinski definition) is 1. The Kier molecular flexibility index (Phi) is 1.63. The van der Waals surface area contributed by atoms with Crippen LogP contribution in [0.2, 0.25) is 0 Å². The van der Waals surface area contributed by atoms with Gasteiger partial charge in [0.15, 0.2) is 0 Å². The Morgan fingerprint density at radius 3 is 2.75 bits per heavy atom. The monoisotopic (exact) mass is 113 g/mol. The zero-order chi connectivity index (χ0) is 5.98. The molecular weight excluding hydrogens is 102 g/mol. The average molecular weight is 113 g/mol. The molecule has 8 heavy (non-hydrogen) atoms. The van der Waals surface area contributed by atoms with E-state index < -0.39 is 0 Å². The zero-order valence-corrected chi connectivity index (χ0v) is 5.05. The van der Waals surface area contributed by atoms with Crippen molar-refractivity contribution in [3.63, 3.8) is 0 Å². The topological polar surface area (TPSA) is 29.1 Å². The van der Waals surface area contributed by atoms with E-state index in [0.29, 0.717) is 5.92 Å². The van der Waals surface area contributed by atoms with Crippen LogP contribution in [0.3, 0.4) is 0 Å². The molecule has 0 amide bonds. The van der Waals surface area contributed by atoms with Crippen molar-refractivity contribution in [2.75, 3.05) is 6.54 Å². The van der Waals surface area contributed by atoms with Gasteiger partial charge in [0.1, 0.15) is 6.29 Å². The van der Waals surface area contributed by atoms with Gasteiger partial charge in [0, 0.05) is 6.54 Å². The highest BCUT2D eigenvalue weighted by molar-refractivity contribution is 5.59. The SMILES string of the molecule is CCC1CN[C@@H]1C=O. The van der Waals surface area contributed by atoms with Gasteiger partial charge < -0.3 is 10.1 Å². The van der Waals surface area contributed by atoms with Crippen molar-refractivity contribution in [2.45, 2.75) is 19.4 Å². The van der Waals surface area contributed by atoms with E-state index >= 15 is 0 Å². The van der Waals surface area contributed by atoms with Crippen molar-refractivity contribution in [3.05, 3.63) is 0 Å². The molecule has 1 N–H and O–H groups in total. The highest BCUT2D eigenvalue weighted by atomic mass is 16.1. The summed E-state index contributed by atoms with van der Waals surface area (Å²) in [6, 6.07) is 0.167. The van der Waals surface area contributed by atoms with Crippen molar-refractivity contribution in [2.24, 2.45) is 5.92 Å². The summed E-state index contributed by atoms with van der Waals surface area (Å²) < 4.78 is 0. The first-order valence-corrected chi connectivity index (χ1v) is 3.07. The summed E-state index contributed by atoms with van der Waals surface area (Å²) in [6.45, 7) is 3.14. The minimum atomic E-state index is 0.167. The molecule has 0 aromatic heterocycles. The molecule has 0 radical (unpaired) electrons. The summed E-state index contributed by atoms with van der Waals surface area (Å²) in [5.41, 5.74) is 0. The third-order valence-electron chi connectivity index (χ3n) is 1.79. The number of carbonyl (C=O) groups is 1. The lowest BCUT2D eigenvalue weighted by Gasteiger charge is -2.33. The fraction of sp³-hybridized carbons (Fsp3) is 0.833. The van der Waals surface area contributed by atoms with E-state index in [-0.39, 0.29) is 6.04 Å². The first kappa shape index (κ1) is 5.76. The molecule has 2 atom stereocenters. The van der Waals surface area contributed by atoms with Crippen LogP contribution in [0.15, 0.2) is 0 Å². The molecule has 1 unspecified atom stereocenters. The van der Waals surface area contributed by atoms with Crippen LogP contribution in [0.25, 0.3) is 0 Å². The maximum absolute atomic E-state index is 10.1. The molecule has 0 saturated carbocycles. The van der Waals surface area contributed by atoms with Gasteiger partial charge in [-0.2, -0.15) is 0 Å². The van der Waals surface area contributed by atoms with Gasteiger partial charge >= 0.3 is 0 Å². The fourth-order valence-corrected chi connectivity index (χ4v) is 0.978. The predicted molar refractivity (Wildman–Crippen MR) is 31.6 cm³/mol. The molecule has 1 aliphatic rings. The van der Waals surface area contributed by atoms with Crippen molar-refractivity contribution < 1.29 is 4.79 Å². The maximum atomic E-state index is 10.1. The molecule has 0 spiro atoms. The van der Waals surface area contributed by atoms with Crippen LogP contribution < -0.4 is 5.32 Å². The summed E-state index contributed by atoms with van der Waals surface area (Å²) in [5, 5.41) is 3.03.